The van der Waals surface area contributed by atoms with Crippen LogP contribution in [0.3, 0.4) is 0 Å². The third-order valence-electron chi connectivity index (χ3n) is 7.76. The predicted octanol–water partition coefficient (Wildman–Crippen LogP) is 3.41. The number of alkyl halides is 3. The number of rotatable bonds is 4. The molecule has 0 radical (unpaired) electrons. The van der Waals surface area contributed by atoms with Gasteiger partial charge >= 0.3 is 12.2 Å². The van der Waals surface area contributed by atoms with E-state index in [1.165, 1.54) is 17.5 Å². The Kier molecular flexibility index (Phi) is 6.89. The molecule has 1 fully saturated rings. The van der Waals surface area contributed by atoms with Crippen molar-refractivity contribution < 1.29 is 32.3 Å². The molecule has 0 saturated carbocycles. The zero-order valence-electron chi connectivity index (χ0n) is 22.1. The van der Waals surface area contributed by atoms with Crippen LogP contribution in [0.2, 0.25) is 0 Å². The normalized spacial score (nSPS) is 22.9. The lowest BCUT2D eigenvalue weighted by atomic mass is 9.90. The first-order valence-electron chi connectivity index (χ1n) is 12.6. The van der Waals surface area contributed by atoms with E-state index in [1.807, 2.05) is 13.0 Å². The van der Waals surface area contributed by atoms with Crippen molar-refractivity contribution in [2.75, 3.05) is 20.2 Å². The Bertz CT molecular complexity index is 1470. The third-order valence-corrected chi connectivity index (χ3v) is 8.93. The second-order valence-corrected chi connectivity index (χ2v) is 11.3. The number of allylic oxidation sites excluding steroid dienone is 1. The van der Waals surface area contributed by atoms with Crippen LogP contribution in [0, 0.1) is 13.8 Å². The first-order chi connectivity index (χ1) is 18.9. The maximum Gasteiger partial charge on any atom is 0.412 e. The van der Waals surface area contributed by atoms with Crippen LogP contribution in [-0.4, -0.2) is 66.3 Å². The predicted molar refractivity (Wildman–Crippen MR) is 143 cm³/mol. The van der Waals surface area contributed by atoms with E-state index >= 15 is 0 Å². The number of ether oxygens (including phenoxy) is 1. The molecule has 2 atom stereocenters. The van der Waals surface area contributed by atoms with Gasteiger partial charge in [0.2, 0.25) is 5.91 Å². The number of urea groups is 1. The summed E-state index contributed by atoms with van der Waals surface area (Å²) in [6, 6.07) is 2.30. The smallest absolute Gasteiger partial charge is 0.412 e. The van der Waals surface area contributed by atoms with Crippen LogP contribution in [0.25, 0.3) is 5.57 Å². The van der Waals surface area contributed by atoms with Gasteiger partial charge in [-0.1, -0.05) is 18.2 Å². The van der Waals surface area contributed by atoms with Crippen molar-refractivity contribution in [2.45, 2.75) is 51.0 Å². The van der Waals surface area contributed by atoms with Crippen molar-refractivity contribution in [1.82, 2.24) is 15.1 Å². The monoisotopic (exact) mass is 575 g/mol. The number of amides is 4. The standard InChI is InChI=1S/C27H28F3N5O4S/c1-14-15(2)40-20-11-34(21(27(28,29)30)13-39-23(14)20)22(36)12-35-24(37)26(33-25(35)38)7-6-17-8-16(4-5-19(17)26)18(9-31)10-32-3/h4-5,8-10,21H,6-7,11-13,31H2,1-3H3,(H,33,38)/t21-,26?/m0/s1. The van der Waals surface area contributed by atoms with E-state index in [2.05, 4.69) is 10.3 Å². The molecular formula is C27H28F3N5O4S. The summed E-state index contributed by atoms with van der Waals surface area (Å²) in [5, 5.41) is 2.72. The molecule has 3 aliphatic rings. The van der Waals surface area contributed by atoms with Crippen LogP contribution in [0.15, 0.2) is 29.4 Å². The number of thiophene rings is 1. The number of nitrogens with two attached hydrogens (primary N) is 1. The molecule has 1 saturated heterocycles. The van der Waals surface area contributed by atoms with E-state index in [9.17, 15) is 27.6 Å². The van der Waals surface area contributed by atoms with Crippen LogP contribution in [-0.2, 0) is 28.1 Å². The second kappa shape index (κ2) is 9.95. The largest absolute Gasteiger partial charge is 0.490 e. The molecule has 1 aromatic heterocycles. The molecule has 9 nitrogen and oxygen atoms in total. The Morgan fingerprint density at radius 1 is 1.32 bits per heavy atom. The summed E-state index contributed by atoms with van der Waals surface area (Å²) in [7, 11) is 1.62. The highest BCUT2D eigenvalue weighted by Gasteiger charge is 2.56. The fraction of sp³-hybridized carbons (Fsp3) is 0.407. The Labute approximate surface area is 232 Å². The van der Waals surface area contributed by atoms with Crippen molar-refractivity contribution in [1.29, 1.82) is 0 Å². The van der Waals surface area contributed by atoms with Crippen molar-refractivity contribution in [3.05, 3.63) is 56.4 Å². The fourth-order valence-electron chi connectivity index (χ4n) is 5.57. The lowest BCUT2D eigenvalue weighted by Gasteiger charge is -2.31. The van der Waals surface area contributed by atoms with Crippen LogP contribution in [0.4, 0.5) is 18.0 Å². The highest BCUT2D eigenvalue weighted by molar-refractivity contribution is 7.12. The Balaban J connectivity index is 1.41. The van der Waals surface area contributed by atoms with Gasteiger partial charge in [0.1, 0.15) is 24.4 Å². The molecule has 4 amide bonds. The highest BCUT2D eigenvalue weighted by atomic mass is 32.1. The SMILES string of the molecule is CN=CC(=CN)c1ccc2c(c1)CCC21NC(=O)N(CC(=O)N2Cc3sc(C)c(C)c3OC[C@H]2C(F)(F)F)C1=O. The van der Waals surface area contributed by atoms with Crippen molar-refractivity contribution in [2.24, 2.45) is 10.7 Å². The van der Waals surface area contributed by atoms with E-state index in [0.717, 1.165) is 21.6 Å². The number of benzene rings is 1. The Morgan fingerprint density at radius 2 is 2.08 bits per heavy atom. The summed E-state index contributed by atoms with van der Waals surface area (Å²) >= 11 is 1.26. The average molecular weight is 576 g/mol. The van der Waals surface area contributed by atoms with Crippen molar-refractivity contribution in [3.8, 4) is 5.75 Å². The van der Waals surface area contributed by atoms with E-state index in [-0.39, 0.29) is 13.0 Å². The number of aliphatic imine (C=N–C) groups is 1. The number of imide groups is 1. The minimum Gasteiger partial charge on any atom is -0.490 e. The summed E-state index contributed by atoms with van der Waals surface area (Å²) < 4.78 is 47.6. The molecule has 5 rings (SSSR count). The lowest BCUT2D eigenvalue weighted by Crippen LogP contribution is -2.53. The van der Waals surface area contributed by atoms with E-state index in [1.54, 1.807) is 32.3 Å². The Hall–Kier alpha value is -3.87. The summed E-state index contributed by atoms with van der Waals surface area (Å²) in [5.41, 5.74) is 7.92. The molecule has 0 bridgehead atoms. The number of hydrogen-bond donors (Lipinski definition) is 2. The van der Waals surface area contributed by atoms with Crippen LogP contribution in [0.1, 0.15) is 38.4 Å². The Morgan fingerprint density at radius 3 is 2.75 bits per heavy atom. The number of carbonyl (C=O) groups is 3. The summed E-state index contributed by atoms with van der Waals surface area (Å²) in [6.07, 6.45) is -1.03. The molecule has 1 aliphatic carbocycles. The zero-order valence-corrected chi connectivity index (χ0v) is 22.9. The molecular weight excluding hydrogens is 547 g/mol. The molecule has 212 valence electrons. The van der Waals surface area contributed by atoms with Gasteiger partial charge in [-0.25, -0.2) is 4.79 Å². The maximum absolute atomic E-state index is 14.0. The lowest BCUT2D eigenvalue weighted by molar-refractivity contribution is -0.195. The van der Waals surface area contributed by atoms with Gasteiger partial charge in [0, 0.05) is 35.5 Å². The fourth-order valence-corrected chi connectivity index (χ4v) is 6.70. The van der Waals surface area contributed by atoms with Crippen molar-refractivity contribution in [3.63, 3.8) is 0 Å². The molecule has 2 aromatic rings. The van der Waals surface area contributed by atoms with Gasteiger partial charge in [-0.3, -0.25) is 19.5 Å². The number of fused-ring (bicyclic) bond motifs is 3. The molecule has 1 unspecified atom stereocenters. The number of nitrogens with zero attached hydrogens (tertiary/aromatic N) is 3. The van der Waals surface area contributed by atoms with Crippen LogP contribution in [0.5, 0.6) is 5.75 Å². The number of nitrogens with one attached hydrogen (secondary N) is 1. The molecule has 13 heteroatoms. The van der Waals surface area contributed by atoms with Gasteiger partial charge in [-0.15, -0.1) is 11.3 Å². The minimum absolute atomic E-state index is 0.254. The second-order valence-electron chi connectivity index (χ2n) is 10.0. The van der Waals surface area contributed by atoms with E-state index in [4.69, 9.17) is 10.5 Å². The number of carbonyl (C=O) groups excluding carboxylic acids is 3. The molecule has 3 heterocycles. The quantitative estimate of drug-likeness (QED) is 0.428. The van der Waals surface area contributed by atoms with Gasteiger partial charge in [0.25, 0.3) is 5.91 Å². The van der Waals surface area contributed by atoms with E-state index in [0.29, 0.717) is 38.0 Å². The zero-order chi connectivity index (χ0) is 29.0. The molecule has 1 spiro atoms. The minimum atomic E-state index is -4.77. The van der Waals surface area contributed by atoms with Gasteiger partial charge in [-0.2, -0.15) is 13.2 Å². The van der Waals surface area contributed by atoms with E-state index < -0.39 is 48.8 Å². The van der Waals surface area contributed by atoms with Gasteiger partial charge in [0.15, 0.2) is 6.04 Å². The highest BCUT2D eigenvalue weighted by Crippen LogP contribution is 2.43. The number of aryl methyl sites for hydroxylation is 2. The third kappa shape index (κ3) is 4.41. The molecule has 1 aromatic carbocycles. The molecule has 2 aliphatic heterocycles. The first kappa shape index (κ1) is 27.7. The average Bonchev–Trinajstić information content (AvgIpc) is 3.41. The number of hydrogen-bond acceptors (Lipinski definition) is 7. The maximum atomic E-state index is 14.0. The summed E-state index contributed by atoms with van der Waals surface area (Å²) in [5.74, 6) is -1.31. The first-order valence-corrected chi connectivity index (χ1v) is 13.4. The number of halogens is 3. The summed E-state index contributed by atoms with van der Waals surface area (Å²) in [6.45, 7) is 1.64. The van der Waals surface area contributed by atoms with Gasteiger partial charge in [-0.05, 0) is 43.4 Å². The molecule has 40 heavy (non-hydrogen) atoms. The summed E-state index contributed by atoms with van der Waals surface area (Å²) in [4.78, 5) is 46.8. The topological polar surface area (TPSA) is 117 Å². The van der Waals surface area contributed by atoms with Crippen LogP contribution >= 0.6 is 11.3 Å². The van der Waals surface area contributed by atoms with Crippen LogP contribution < -0.4 is 15.8 Å². The van der Waals surface area contributed by atoms with Gasteiger partial charge < -0.3 is 20.7 Å². The molecule has 3 N–H and O–H groups in total. The van der Waals surface area contributed by atoms with Crippen molar-refractivity contribution >= 4 is 41.0 Å². The van der Waals surface area contributed by atoms with Gasteiger partial charge in [0.05, 0.1) is 11.4 Å².